The average Bonchev–Trinajstić information content (AvgIpc) is 2.16. The summed E-state index contributed by atoms with van der Waals surface area (Å²) >= 11 is 1.42. The smallest absolute Gasteiger partial charge is 0.328 e. The van der Waals surface area contributed by atoms with E-state index in [0.717, 1.165) is 0 Å². The lowest BCUT2D eigenvalue weighted by molar-refractivity contribution is -0.140. The van der Waals surface area contributed by atoms with Crippen molar-refractivity contribution in [3.05, 3.63) is 11.5 Å². The minimum Gasteiger partial charge on any atom is -0.480 e. The molecule has 4 heteroatoms. The van der Waals surface area contributed by atoms with Gasteiger partial charge in [0.15, 0.2) is 0 Å². The van der Waals surface area contributed by atoms with Crippen molar-refractivity contribution < 1.29 is 9.90 Å². The van der Waals surface area contributed by atoms with E-state index in [1.165, 1.54) is 17.8 Å². The van der Waals surface area contributed by atoms with Gasteiger partial charge >= 0.3 is 5.97 Å². The van der Waals surface area contributed by atoms with Crippen molar-refractivity contribution in [1.29, 1.82) is 0 Å². The van der Waals surface area contributed by atoms with E-state index in [1.807, 2.05) is 0 Å². The highest BCUT2D eigenvalue weighted by Crippen LogP contribution is 2.22. The predicted octanol–water partition coefficient (Wildman–Crippen LogP) is 0.0290. The van der Waals surface area contributed by atoms with Crippen molar-refractivity contribution in [2.75, 3.05) is 5.75 Å². The lowest BCUT2D eigenvalue weighted by atomic mass is 10.1. The summed E-state index contributed by atoms with van der Waals surface area (Å²) in [7, 11) is 0. The lowest BCUT2D eigenvalue weighted by Gasteiger charge is -2.13. The predicted molar refractivity (Wildman–Crippen MR) is 36.2 cm³/mol. The Morgan fingerprint density at radius 3 is 2.78 bits per heavy atom. The van der Waals surface area contributed by atoms with Gasteiger partial charge in [0.2, 0.25) is 0 Å². The average molecular weight is 145 g/mol. The van der Waals surface area contributed by atoms with E-state index in [4.69, 9.17) is 10.8 Å². The molecule has 50 valence electrons. The number of rotatable bonds is 1. The zero-order valence-corrected chi connectivity index (χ0v) is 5.52. The molecule has 1 atom stereocenters. The second-order valence-corrected chi connectivity index (χ2v) is 2.85. The van der Waals surface area contributed by atoms with Crippen LogP contribution in [-0.4, -0.2) is 22.4 Å². The summed E-state index contributed by atoms with van der Waals surface area (Å²) in [4.78, 5) is 10.3. The van der Waals surface area contributed by atoms with Crippen LogP contribution in [0, 0.1) is 0 Å². The summed E-state index contributed by atoms with van der Waals surface area (Å²) in [5.74, 6) is -0.508. The van der Waals surface area contributed by atoms with Gasteiger partial charge < -0.3 is 10.8 Å². The lowest BCUT2D eigenvalue weighted by Crippen LogP contribution is -2.46. The summed E-state index contributed by atoms with van der Waals surface area (Å²) in [6, 6.07) is 0. The Morgan fingerprint density at radius 2 is 2.56 bits per heavy atom. The van der Waals surface area contributed by atoms with Crippen LogP contribution in [0.15, 0.2) is 11.5 Å². The van der Waals surface area contributed by atoms with Gasteiger partial charge in [-0.2, -0.15) is 0 Å². The first kappa shape index (κ1) is 6.64. The Hall–Kier alpha value is -0.480. The minimum absolute atomic E-state index is 0.447. The third kappa shape index (κ3) is 1.09. The standard InChI is InChI=1S/C5H7NO2S/c6-5(4(7)8)1-2-9-3-5/h1-2H,3,6H2,(H,7,8). The first-order chi connectivity index (χ1) is 4.15. The number of hydrogen-bond donors (Lipinski definition) is 2. The normalized spacial score (nSPS) is 33.0. The third-order valence-electron chi connectivity index (χ3n) is 1.18. The second kappa shape index (κ2) is 2.04. The number of nitrogens with two attached hydrogens (primary N) is 1. The molecule has 0 aromatic heterocycles. The molecule has 1 unspecified atom stereocenters. The first-order valence-corrected chi connectivity index (χ1v) is 3.52. The van der Waals surface area contributed by atoms with Crippen molar-refractivity contribution in [2.45, 2.75) is 5.54 Å². The zero-order chi connectivity index (χ0) is 6.91. The summed E-state index contributed by atoms with van der Waals surface area (Å²) in [5, 5.41) is 10.2. The summed E-state index contributed by atoms with van der Waals surface area (Å²) in [5.41, 5.74) is 4.29. The molecule has 0 saturated carbocycles. The van der Waals surface area contributed by atoms with Gasteiger partial charge in [-0.15, -0.1) is 11.8 Å². The molecule has 0 radical (unpaired) electrons. The Morgan fingerprint density at radius 1 is 1.89 bits per heavy atom. The van der Waals surface area contributed by atoms with Crippen LogP contribution in [-0.2, 0) is 4.79 Å². The quantitative estimate of drug-likeness (QED) is 0.546. The van der Waals surface area contributed by atoms with E-state index < -0.39 is 11.5 Å². The van der Waals surface area contributed by atoms with E-state index in [9.17, 15) is 4.79 Å². The van der Waals surface area contributed by atoms with E-state index in [1.54, 1.807) is 5.41 Å². The number of hydrogen-bond acceptors (Lipinski definition) is 3. The van der Waals surface area contributed by atoms with Crippen LogP contribution >= 0.6 is 11.8 Å². The topological polar surface area (TPSA) is 63.3 Å². The maximum Gasteiger partial charge on any atom is 0.328 e. The molecule has 0 aromatic carbocycles. The van der Waals surface area contributed by atoms with E-state index in [0.29, 0.717) is 5.75 Å². The van der Waals surface area contributed by atoms with Crippen molar-refractivity contribution >= 4 is 17.7 Å². The van der Waals surface area contributed by atoms with Gasteiger partial charge in [0.05, 0.1) is 0 Å². The minimum atomic E-state index is -1.11. The van der Waals surface area contributed by atoms with Crippen LogP contribution in [0.1, 0.15) is 0 Å². The van der Waals surface area contributed by atoms with Crippen LogP contribution in [0.25, 0.3) is 0 Å². The molecule has 0 aliphatic carbocycles. The van der Waals surface area contributed by atoms with Gasteiger partial charge in [0.25, 0.3) is 0 Å². The van der Waals surface area contributed by atoms with Gasteiger partial charge in [-0.1, -0.05) is 0 Å². The largest absolute Gasteiger partial charge is 0.480 e. The zero-order valence-electron chi connectivity index (χ0n) is 4.70. The van der Waals surface area contributed by atoms with Crippen molar-refractivity contribution in [3.8, 4) is 0 Å². The third-order valence-corrected chi connectivity index (χ3v) is 2.15. The Bertz CT molecular complexity index is 168. The first-order valence-electron chi connectivity index (χ1n) is 2.47. The molecule has 1 aliphatic rings. The van der Waals surface area contributed by atoms with E-state index in [2.05, 4.69) is 0 Å². The molecule has 3 nitrogen and oxygen atoms in total. The molecule has 0 fully saturated rings. The number of carboxylic acid groups (broad SMARTS) is 1. The number of thioether (sulfide) groups is 1. The Kier molecular flexibility index (Phi) is 1.50. The fourth-order valence-corrected chi connectivity index (χ4v) is 1.47. The second-order valence-electron chi connectivity index (χ2n) is 1.96. The number of aliphatic carboxylic acids is 1. The fraction of sp³-hybridized carbons (Fsp3) is 0.400. The van der Waals surface area contributed by atoms with Crippen LogP contribution in [0.2, 0.25) is 0 Å². The van der Waals surface area contributed by atoms with Gasteiger partial charge in [-0.05, 0) is 11.5 Å². The van der Waals surface area contributed by atoms with E-state index in [-0.39, 0.29) is 0 Å². The monoisotopic (exact) mass is 145 g/mol. The van der Waals surface area contributed by atoms with Crippen molar-refractivity contribution in [1.82, 2.24) is 0 Å². The molecule has 0 saturated heterocycles. The molecule has 1 rings (SSSR count). The highest BCUT2D eigenvalue weighted by Gasteiger charge is 2.33. The molecule has 0 spiro atoms. The Labute approximate surface area is 56.9 Å². The summed E-state index contributed by atoms with van der Waals surface area (Å²) in [6.07, 6.45) is 1.51. The van der Waals surface area contributed by atoms with Crippen LogP contribution < -0.4 is 5.73 Å². The molecule has 1 aliphatic heterocycles. The van der Waals surface area contributed by atoms with Gasteiger partial charge in [-0.3, -0.25) is 0 Å². The molecular weight excluding hydrogens is 138 g/mol. The maximum absolute atomic E-state index is 10.3. The SMILES string of the molecule is NC1(C(=O)O)C=CSC1. The molecule has 9 heavy (non-hydrogen) atoms. The summed E-state index contributed by atoms with van der Waals surface area (Å²) in [6.45, 7) is 0. The molecular formula is C5H7NO2S. The number of carbonyl (C=O) groups is 1. The number of carboxylic acids is 1. The van der Waals surface area contributed by atoms with Crippen molar-refractivity contribution in [2.24, 2.45) is 5.73 Å². The molecule has 0 aromatic rings. The highest BCUT2D eigenvalue weighted by molar-refractivity contribution is 8.02. The van der Waals surface area contributed by atoms with Gasteiger partial charge in [0, 0.05) is 5.75 Å². The van der Waals surface area contributed by atoms with Crippen LogP contribution in [0.5, 0.6) is 0 Å². The van der Waals surface area contributed by atoms with Crippen LogP contribution in [0.3, 0.4) is 0 Å². The Balaban J connectivity index is 2.74. The van der Waals surface area contributed by atoms with Gasteiger partial charge in [-0.25, -0.2) is 4.79 Å². The van der Waals surface area contributed by atoms with Crippen LogP contribution in [0.4, 0.5) is 0 Å². The molecule has 1 heterocycles. The van der Waals surface area contributed by atoms with Gasteiger partial charge in [0.1, 0.15) is 5.54 Å². The summed E-state index contributed by atoms with van der Waals surface area (Å²) < 4.78 is 0. The molecule has 3 N–H and O–H groups in total. The maximum atomic E-state index is 10.3. The van der Waals surface area contributed by atoms with Crippen molar-refractivity contribution in [3.63, 3.8) is 0 Å². The molecule has 0 bridgehead atoms. The fourth-order valence-electron chi connectivity index (χ4n) is 0.537. The highest BCUT2D eigenvalue weighted by atomic mass is 32.2. The molecule has 0 amide bonds. The van der Waals surface area contributed by atoms with E-state index >= 15 is 0 Å².